The number of nitrogens with one attached hydrogen (secondary N) is 1. The van der Waals surface area contributed by atoms with Crippen LogP contribution in [0.5, 0.6) is 5.88 Å². The molecule has 0 aromatic carbocycles. The van der Waals surface area contributed by atoms with Crippen LogP contribution in [-0.2, 0) is 6.42 Å². The van der Waals surface area contributed by atoms with Crippen LogP contribution in [0.15, 0.2) is 16.7 Å². The summed E-state index contributed by atoms with van der Waals surface area (Å²) in [6.45, 7) is 4.55. The summed E-state index contributed by atoms with van der Waals surface area (Å²) in [5.41, 5.74) is 2.24. The molecule has 3 nitrogen and oxygen atoms in total. The molecule has 0 aliphatic heterocycles. The molecule has 0 aliphatic carbocycles. The first-order valence-electron chi connectivity index (χ1n) is 6.82. The molecule has 4 heteroatoms. The second-order valence-corrected chi connectivity index (χ2v) is 6.19. The largest absolute Gasteiger partial charge is 0.479 e. The number of rotatable bonds is 6. The van der Waals surface area contributed by atoms with Gasteiger partial charge in [-0.1, -0.05) is 26.7 Å². The molecule has 2 heterocycles. The quantitative estimate of drug-likeness (QED) is 0.782. The van der Waals surface area contributed by atoms with E-state index in [-0.39, 0.29) is 0 Å². The van der Waals surface area contributed by atoms with Gasteiger partial charge < -0.3 is 9.72 Å². The lowest BCUT2D eigenvalue weighted by Gasteiger charge is -2.03. The van der Waals surface area contributed by atoms with E-state index in [1.807, 2.05) is 0 Å². The number of aryl methyl sites for hydroxylation is 1. The number of H-pyrrole nitrogens is 1. The number of methoxy groups -OCH3 is 1. The van der Waals surface area contributed by atoms with Crippen LogP contribution in [0.1, 0.15) is 38.8 Å². The third-order valence-electron chi connectivity index (χ3n) is 3.31. The number of ether oxygens (including phenoxy) is 1. The van der Waals surface area contributed by atoms with Gasteiger partial charge in [0.15, 0.2) is 0 Å². The van der Waals surface area contributed by atoms with Crippen molar-refractivity contribution in [2.24, 2.45) is 5.92 Å². The van der Waals surface area contributed by atoms with Gasteiger partial charge in [0, 0.05) is 21.7 Å². The number of aromatic nitrogens is 2. The maximum atomic E-state index is 5.29. The van der Waals surface area contributed by atoms with Gasteiger partial charge in [0.05, 0.1) is 7.11 Å². The summed E-state index contributed by atoms with van der Waals surface area (Å²) in [6.07, 6.45) is 6.67. The molecule has 1 N–H and O–H groups in total. The Morgan fingerprint density at radius 3 is 2.84 bits per heavy atom. The topological polar surface area (TPSA) is 37.9 Å². The number of halogens is 1. The molecule has 0 saturated carbocycles. The van der Waals surface area contributed by atoms with Crippen molar-refractivity contribution in [3.05, 3.63) is 22.4 Å². The summed E-state index contributed by atoms with van der Waals surface area (Å²) in [5.74, 6) is 1.45. The predicted octanol–water partition coefficient (Wildman–Crippen LogP) is 4.70. The van der Waals surface area contributed by atoms with Crippen molar-refractivity contribution in [3.63, 3.8) is 0 Å². The van der Waals surface area contributed by atoms with E-state index in [0.717, 1.165) is 27.7 Å². The highest BCUT2D eigenvalue weighted by atomic mass is 79.9. The van der Waals surface area contributed by atoms with Crippen molar-refractivity contribution in [1.82, 2.24) is 9.97 Å². The third kappa shape index (κ3) is 3.50. The highest BCUT2D eigenvalue weighted by Gasteiger charge is 2.10. The molecule has 2 rings (SSSR count). The van der Waals surface area contributed by atoms with Crippen LogP contribution >= 0.6 is 15.9 Å². The van der Waals surface area contributed by atoms with Crippen LogP contribution in [0.2, 0.25) is 0 Å². The summed E-state index contributed by atoms with van der Waals surface area (Å²) in [5, 5.41) is 1.14. The first kappa shape index (κ1) is 14.4. The number of hydrogen-bond acceptors (Lipinski definition) is 2. The van der Waals surface area contributed by atoms with Crippen LogP contribution in [0.4, 0.5) is 0 Å². The van der Waals surface area contributed by atoms with Crippen molar-refractivity contribution in [3.8, 4) is 5.88 Å². The van der Waals surface area contributed by atoms with Gasteiger partial charge in [0.1, 0.15) is 5.52 Å². The molecule has 0 bridgehead atoms. The van der Waals surface area contributed by atoms with Gasteiger partial charge in [0.2, 0.25) is 5.88 Å². The lowest BCUT2D eigenvalue weighted by molar-refractivity contribution is 0.402. The highest BCUT2D eigenvalue weighted by Crippen LogP contribution is 2.30. The summed E-state index contributed by atoms with van der Waals surface area (Å²) in [7, 11) is 1.65. The van der Waals surface area contributed by atoms with E-state index in [1.54, 1.807) is 13.3 Å². The van der Waals surface area contributed by atoms with E-state index in [2.05, 4.69) is 45.8 Å². The normalized spacial score (nSPS) is 11.4. The van der Waals surface area contributed by atoms with Crippen LogP contribution < -0.4 is 4.74 Å². The van der Waals surface area contributed by atoms with E-state index < -0.39 is 0 Å². The number of aromatic amines is 1. The number of hydrogen-bond donors (Lipinski definition) is 1. The van der Waals surface area contributed by atoms with E-state index in [0.29, 0.717) is 5.88 Å². The van der Waals surface area contributed by atoms with Gasteiger partial charge in [-0.25, -0.2) is 4.98 Å². The zero-order valence-electron chi connectivity index (χ0n) is 11.8. The van der Waals surface area contributed by atoms with Crippen molar-refractivity contribution in [2.45, 2.75) is 39.5 Å². The zero-order valence-corrected chi connectivity index (χ0v) is 13.4. The second kappa shape index (κ2) is 6.42. The number of pyridine rings is 1. The average molecular weight is 325 g/mol. The fourth-order valence-corrected chi connectivity index (χ4v) is 2.69. The van der Waals surface area contributed by atoms with E-state index in [9.17, 15) is 0 Å². The van der Waals surface area contributed by atoms with Crippen molar-refractivity contribution >= 4 is 26.8 Å². The minimum absolute atomic E-state index is 0.659. The molecular formula is C15H21BrN2O. The Hall–Kier alpha value is -1.03. The fourth-order valence-electron chi connectivity index (χ4n) is 2.27. The summed E-state index contributed by atoms with van der Waals surface area (Å²) in [4.78, 5) is 7.68. The first-order chi connectivity index (χ1) is 9.11. The lowest BCUT2D eigenvalue weighted by Crippen LogP contribution is -1.91. The second-order valence-electron chi connectivity index (χ2n) is 5.34. The van der Waals surface area contributed by atoms with Gasteiger partial charge in [-0.2, -0.15) is 0 Å². The molecule has 0 saturated heterocycles. The molecule has 0 atom stereocenters. The van der Waals surface area contributed by atoms with Gasteiger partial charge in [-0.15, -0.1) is 0 Å². The van der Waals surface area contributed by atoms with Crippen LogP contribution in [-0.4, -0.2) is 17.1 Å². The van der Waals surface area contributed by atoms with E-state index in [1.165, 1.54) is 25.0 Å². The number of nitrogens with zero attached hydrogens (tertiary/aromatic N) is 1. The standard InChI is InChI=1S/C15H21BrN2O/c1-10(2)6-4-5-7-11-8-12-13(16)9-17-15(19-3)14(12)18-11/h8-10,18H,4-7H2,1-3H3. The van der Waals surface area contributed by atoms with Gasteiger partial charge in [-0.3, -0.25) is 0 Å². The predicted molar refractivity (Wildman–Crippen MR) is 82.7 cm³/mol. The minimum atomic E-state index is 0.659. The third-order valence-corrected chi connectivity index (χ3v) is 3.94. The van der Waals surface area contributed by atoms with Crippen molar-refractivity contribution in [1.29, 1.82) is 0 Å². The Morgan fingerprint density at radius 2 is 2.16 bits per heavy atom. The first-order valence-corrected chi connectivity index (χ1v) is 7.61. The Morgan fingerprint density at radius 1 is 1.37 bits per heavy atom. The highest BCUT2D eigenvalue weighted by molar-refractivity contribution is 9.10. The molecule has 0 unspecified atom stereocenters. The monoisotopic (exact) mass is 324 g/mol. The molecule has 0 spiro atoms. The Balaban J connectivity index is 2.10. The summed E-state index contributed by atoms with van der Waals surface area (Å²) in [6, 6.07) is 2.19. The maximum absolute atomic E-state index is 5.29. The molecule has 2 aromatic rings. The molecule has 104 valence electrons. The lowest BCUT2D eigenvalue weighted by atomic mass is 10.0. The molecule has 0 fully saturated rings. The van der Waals surface area contributed by atoms with Crippen LogP contribution in [0, 0.1) is 5.92 Å². The summed E-state index contributed by atoms with van der Waals surface area (Å²) < 4.78 is 6.30. The minimum Gasteiger partial charge on any atom is -0.479 e. The van der Waals surface area contributed by atoms with Gasteiger partial charge >= 0.3 is 0 Å². The average Bonchev–Trinajstić information content (AvgIpc) is 2.80. The zero-order chi connectivity index (χ0) is 13.8. The number of unbranched alkanes of at least 4 members (excludes halogenated alkanes) is 1. The van der Waals surface area contributed by atoms with Gasteiger partial charge in [0.25, 0.3) is 0 Å². The molecular weight excluding hydrogens is 304 g/mol. The van der Waals surface area contributed by atoms with Crippen molar-refractivity contribution in [2.75, 3.05) is 7.11 Å². The Kier molecular flexibility index (Phi) is 4.86. The van der Waals surface area contributed by atoms with Crippen LogP contribution in [0.25, 0.3) is 10.9 Å². The molecule has 0 aliphatic rings. The van der Waals surface area contributed by atoms with Crippen molar-refractivity contribution < 1.29 is 4.74 Å². The molecule has 19 heavy (non-hydrogen) atoms. The van der Waals surface area contributed by atoms with E-state index >= 15 is 0 Å². The number of fused-ring (bicyclic) bond motifs is 1. The fraction of sp³-hybridized carbons (Fsp3) is 0.533. The molecule has 2 aromatic heterocycles. The van der Waals surface area contributed by atoms with Crippen LogP contribution in [0.3, 0.4) is 0 Å². The molecule has 0 radical (unpaired) electrons. The smallest absolute Gasteiger partial charge is 0.238 e. The molecule has 0 amide bonds. The van der Waals surface area contributed by atoms with Gasteiger partial charge in [-0.05, 0) is 40.8 Å². The van der Waals surface area contributed by atoms with E-state index in [4.69, 9.17) is 4.74 Å². The Bertz CT molecular complexity index is 548. The Labute approximate surface area is 122 Å². The summed E-state index contributed by atoms with van der Waals surface area (Å²) >= 11 is 3.54. The maximum Gasteiger partial charge on any atom is 0.238 e. The SMILES string of the molecule is COc1ncc(Br)c2cc(CCCCC(C)C)[nH]c12.